The fourth-order valence-corrected chi connectivity index (χ4v) is 2.42. The van der Waals surface area contributed by atoms with Crippen LogP contribution in [0.25, 0.3) is 0 Å². The van der Waals surface area contributed by atoms with Gasteiger partial charge in [0.25, 0.3) is 0 Å². The number of rotatable bonds is 4. The van der Waals surface area contributed by atoms with Gasteiger partial charge in [0.15, 0.2) is 5.17 Å². The topological polar surface area (TPSA) is 50.7 Å². The van der Waals surface area contributed by atoms with Gasteiger partial charge in [0.1, 0.15) is 0 Å². The maximum Gasteiger partial charge on any atom is 0.180 e. The molecule has 2 N–H and O–H groups in total. The van der Waals surface area contributed by atoms with E-state index in [9.17, 15) is 0 Å². The highest BCUT2D eigenvalue weighted by atomic mass is 32.2. The Labute approximate surface area is 130 Å². The van der Waals surface area contributed by atoms with Crippen molar-refractivity contribution in [1.29, 1.82) is 0 Å². The van der Waals surface area contributed by atoms with Crippen LogP contribution in [-0.2, 0) is 5.75 Å². The van der Waals surface area contributed by atoms with Crippen LogP contribution < -0.4 is 5.73 Å². The lowest BCUT2D eigenvalue weighted by Gasteiger charge is -2.01. The summed E-state index contributed by atoms with van der Waals surface area (Å²) in [6, 6.07) is 16.4. The lowest BCUT2D eigenvalue weighted by atomic mass is 10.1. The Morgan fingerprint density at radius 2 is 1.90 bits per heavy atom. The van der Waals surface area contributed by atoms with Gasteiger partial charge in [-0.2, -0.15) is 5.10 Å². The van der Waals surface area contributed by atoms with E-state index in [4.69, 9.17) is 5.73 Å². The summed E-state index contributed by atoms with van der Waals surface area (Å²) in [5, 5.41) is 8.58. The van der Waals surface area contributed by atoms with Gasteiger partial charge in [0.2, 0.25) is 0 Å². The highest BCUT2D eigenvalue weighted by Crippen LogP contribution is 2.12. The van der Waals surface area contributed by atoms with Gasteiger partial charge in [0.05, 0.1) is 6.21 Å². The first-order valence-electron chi connectivity index (χ1n) is 6.75. The molecular formula is C17H19N3S. The Balaban J connectivity index is 1.93. The zero-order chi connectivity index (χ0) is 15.1. The van der Waals surface area contributed by atoms with Crippen LogP contribution in [0.2, 0.25) is 0 Å². The minimum Gasteiger partial charge on any atom is -0.377 e. The SMILES string of the molecule is Cc1ccc(C)c(C=NN=C(N)SCc2ccccc2)c1. The summed E-state index contributed by atoms with van der Waals surface area (Å²) in [5.41, 5.74) is 10.5. The molecule has 21 heavy (non-hydrogen) atoms. The molecule has 0 unspecified atom stereocenters. The molecule has 2 aromatic carbocycles. The molecule has 0 bridgehead atoms. The van der Waals surface area contributed by atoms with E-state index in [1.165, 1.54) is 28.5 Å². The molecule has 0 amide bonds. The van der Waals surface area contributed by atoms with Gasteiger partial charge in [-0.05, 0) is 30.5 Å². The third-order valence-corrected chi connectivity index (χ3v) is 3.87. The number of nitrogens with two attached hydrogens (primary N) is 1. The van der Waals surface area contributed by atoms with Crippen LogP contribution in [0, 0.1) is 13.8 Å². The van der Waals surface area contributed by atoms with Gasteiger partial charge < -0.3 is 5.73 Å². The van der Waals surface area contributed by atoms with Crippen molar-refractivity contribution in [2.75, 3.05) is 0 Å². The van der Waals surface area contributed by atoms with Crippen LogP contribution in [0.4, 0.5) is 0 Å². The second kappa shape index (κ2) is 7.64. The molecule has 0 aliphatic rings. The molecule has 0 atom stereocenters. The fraction of sp³-hybridized carbons (Fsp3) is 0.176. The lowest BCUT2D eigenvalue weighted by molar-refractivity contribution is 1.24. The number of thioether (sulfide) groups is 1. The standard InChI is InChI=1S/C17H19N3S/c1-13-8-9-14(2)16(10-13)11-19-20-17(18)21-12-15-6-4-3-5-7-15/h3-11H,12H2,1-2H3,(H2,18,20). The van der Waals surface area contributed by atoms with Crippen LogP contribution >= 0.6 is 11.8 Å². The van der Waals surface area contributed by atoms with Crippen LogP contribution in [0.15, 0.2) is 58.7 Å². The number of aryl methyl sites for hydroxylation is 2. The third-order valence-electron chi connectivity index (χ3n) is 3.02. The molecule has 0 aliphatic carbocycles. The average Bonchev–Trinajstić information content (AvgIpc) is 2.50. The number of hydrogen-bond acceptors (Lipinski definition) is 3. The number of benzene rings is 2. The van der Waals surface area contributed by atoms with E-state index in [-0.39, 0.29) is 0 Å². The average molecular weight is 297 g/mol. The summed E-state index contributed by atoms with van der Waals surface area (Å²) in [6.45, 7) is 4.11. The Kier molecular flexibility index (Phi) is 5.58. The Morgan fingerprint density at radius 1 is 1.14 bits per heavy atom. The predicted molar refractivity (Wildman–Crippen MR) is 92.9 cm³/mol. The molecule has 2 rings (SSSR count). The Bertz CT molecular complexity index is 648. The van der Waals surface area contributed by atoms with E-state index in [2.05, 4.69) is 54.4 Å². The second-order valence-corrected chi connectivity index (χ2v) is 5.81. The summed E-state index contributed by atoms with van der Waals surface area (Å²) in [4.78, 5) is 0. The van der Waals surface area contributed by atoms with Gasteiger partial charge in [-0.15, -0.1) is 5.10 Å². The molecule has 0 radical (unpaired) electrons. The fourth-order valence-electron chi connectivity index (χ4n) is 1.81. The van der Waals surface area contributed by atoms with Crippen molar-refractivity contribution in [2.24, 2.45) is 15.9 Å². The molecule has 2 aromatic rings. The smallest absolute Gasteiger partial charge is 0.180 e. The molecule has 4 heteroatoms. The molecule has 0 fully saturated rings. The largest absolute Gasteiger partial charge is 0.377 e. The molecule has 0 aromatic heterocycles. The van der Waals surface area contributed by atoms with Crippen molar-refractivity contribution >= 4 is 23.1 Å². The summed E-state index contributed by atoms with van der Waals surface area (Å²) >= 11 is 1.49. The molecule has 0 heterocycles. The van der Waals surface area contributed by atoms with Gasteiger partial charge in [-0.25, -0.2) is 0 Å². The highest BCUT2D eigenvalue weighted by Gasteiger charge is 1.97. The Hall–Kier alpha value is -2.07. The van der Waals surface area contributed by atoms with E-state index in [0.717, 1.165) is 11.3 Å². The van der Waals surface area contributed by atoms with E-state index in [0.29, 0.717) is 5.17 Å². The maximum atomic E-state index is 5.85. The zero-order valence-corrected chi connectivity index (χ0v) is 13.1. The van der Waals surface area contributed by atoms with E-state index in [1.54, 1.807) is 6.21 Å². The summed E-state index contributed by atoms with van der Waals surface area (Å²) in [6.07, 6.45) is 1.75. The zero-order valence-electron chi connectivity index (χ0n) is 12.3. The van der Waals surface area contributed by atoms with Crippen molar-refractivity contribution in [2.45, 2.75) is 19.6 Å². The van der Waals surface area contributed by atoms with E-state index < -0.39 is 0 Å². The van der Waals surface area contributed by atoms with Gasteiger partial charge in [-0.3, -0.25) is 0 Å². The molecular weight excluding hydrogens is 278 g/mol. The Morgan fingerprint density at radius 3 is 2.67 bits per heavy atom. The molecule has 3 nitrogen and oxygen atoms in total. The molecule has 108 valence electrons. The van der Waals surface area contributed by atoms with Crippen molar-refractivity contribution < 1.29 is 0 Å². The van der Waals surface area contributed by atoms with Crippen LogP contribution in [0.3, 0.4) is 0 Å². The molecule has 0 saturated heterocycles. The van der Waals surface area contributed by atoms with Crippen LogP contribution in [-0.4, -0.2) is 11.4 Å². The van der Waals surface area contributed by atoms with Crippen molar-refractivity contribution in [3.63, 3.8) is 0 Å². The van der Waals surface area contributed by atoms with Gasteiger partial charge in [-0.1, -0.05) is 65.9 Å². The first-order valence-corrected chi connectivity index (χ1v) is 7.74. The van der Waals surface area contributed by atoms with E-state index in [1.807, 2.05) is 18.2 Å². The van der Waals surface area contributed by atoms with Crippen LogP contribution in [0.1, 0.15) is 22.3 Å². The highest BCUT2D eigenvalue weighted by molar-refractivity contribution is 8.13. The first kappa shape index (κ1) is 15.3. The summed E-state index contributed by atoms with van der Waals surface area (Å²) in [7, 11) is 0. The van der Waals surface area contributed by atoms with Crippen molar-refractivity contribution in [3.05, 3.63) is 70.8 Å². The predicted octanol–water partition coefficient (Wildman–Crippen LogP) is 3.89. The molecule has 0 aliphatic heterocycles. The van der Waals surface area contributed by atoms with Gasteiger partial charge >= 0.3 is 0 Å². The first-order chi connectivity index (χ1) is 10.1. The molecule has 0 saturated carbocycles. The summed E-state index contributed by atoms with van der Waals surface area (Å²) < 4.78 is 0. The molecule has 0 spiro atoms. The minimum atomic E-state index is 0.473. The number of hydrogen-bond donors (Lipinski definition) is 1. The van der Waals surface area contributed by atoms with Gasteiger partial charge in [0, 0.05) is 5.75 Å². The van der Waals surface area contributed by atoms with Crippen molar-refractivity contribution in [1.82, 2.24) is 0 Å². The minimum absolute atomic E-state index is 0.473. The number of nitrogens with zero attached hydrogens (tertiary/aromatic N) is 2. The van der Waals surface area contributed by atoms with E-state index >= 15 is 0 Å². The monoisotopic (exact) mass is 297 g/mol. The van der Waals surface area contributed by atoms with Crippen LogP contribution in [0.5, 0.6) is 0 Å². The quantitative estimate of drug-likeness (QED) is 0.529. The normalized spacial score (nSPS) is 12.0. The summed E-state index contributed by atoms with van der Waals surface area (Å²) in [5.74, 6) is 0.801. The second-order valence-electron chi connectivity index (χ2n) is 4.82. The number of amidine groups is 1. The third kappa shape index (κ3) is 5.08. The van der Waals surface area contributed by atoms with Crippen molar-refractivity contribution in [3.8, 4) is 0 Å². The lowest BCUT2D eigenvalue weighted by Crippen LogP contribution is -2.06. The maximum absolute atomic E-state index is 5.85.